The Labute approximate surface area is 270 Å². The van der Waals surface area contributed by atoms with Gasteiger partial charge >= 0.3 is 0 Å². The van der Waals surface area contributed by atoms with Crippen LogP contribution in [-0.4, -0.2) is 50.5 Å². The van der Waals surface area contributed by atoms with Crippen LogP contribution in [0.2, 0.25) is 0 Å². The molecule has 0 aromatic heterocycles. The van der Waals surface area contributed by atoms with E-state index in [0.29, 0.717) is 18.9 Å². The lowest BCUT2D eigenvalue weighted by molar-refractivity contribution is -0.140. The van der Waals surface area contributed by atoms with E-state index < -0.39 is 40.2 Å². The first-order valence-corrected chi connectivity index (χ1v) is 17.1. The average Bonchev–Trinajstić information content (AvgIpc) is 3.06. The quantitative estimate of drug-likeness (QED) is 0.157. The van der Waals surface area contributed by atoms with E-state index in [0.717, 1.165) is 34.5 Å². The summed E-state index contributed by atoms with van der Waals surface area (Å²) in [6.45, 7) is 1.93. The van der Waals surface area contributed by atoms with Gasteiger partial charge in [0.05, 0.1) is 11.9 Å². The molecule has 0 saturated carbocycles. The zero-order chi connectivity index (χ0) is 32.9. The van der Waals surface area contributed by atoms with Crippen LogP contribution < -0.4 is 14.4 Å². The highest BCUT2D eigenvalue weighted by atomic mass is 32.2. The minimum atomic E-state index is -3.95. The lowest BCUT2D eigenvalue weighted by Gasteiger charge is -2.33. The lowest BCUT2D eigenvalue weighted by atomic mass is 10.0. The molecule has 46 heavy (non-hydrogen) atoms. The van der Waals surface area contributed by atoms with Crippen molar-refractivity contribution < 1.29 is 27.1 Å². The van der Waals surface area contributed by atoms with Gasteiger partial charge < -0.3 is 15.0 Å². The molecule has 0 aliphatic heterocycles. The number of amides is 2. The van der Waals surface area contributed by atoms with Crippen molar-refractivity contribution in [2.24, 2.45) is 0 Å². The number of ether oxygens (including phenoxy) is 1. The first-order valence-electron chi connectivity index (χ1n) is 15.2. The number of nitrogens with zero attached hydrogens (tertiary/aromatic N) is 2. The zero-order valence-electron chi connectivity index (χ0n) is 26.1. The Balaban J connectivity index is 1.64. The van der Waals surface area contributed by atoms with Crippen LogP contribution in [0.3, 0.4) is 0 Å². The molecule has 0 spiro atoms. The fourth-order valence-corrected chi connectivity index (χ4v) is 5.78. The fourth-order valence-electron chi connectivity index (χ4n) is 4.93. The maximum Gasteiger partial charge on any atom is 0.244 e. The highest BCUT2D eigenvalue weighted by molar-refractivity contribution is 7.92. The van der Waals surface area contributed by atoms with Crippen LogP contribution in [-0.2, 0) is 39.2 Å². The molecular formula is C36H40FN3O5S. The third-order valence-corrected chi connectivity index (χ3v) is 8.59. The highest BCUT2D eigenvalue weighted by Gasteiger charge is 2.33. The van der Waals surface area contributed by atoms with Gasteiger partial charge in [0.2, 0.25) is 21.8 Å². The van der Waals surface area contributed by atoms with Gasteiger partial charge in [-0.25, -0.2) is 12.8 Å². The fraction of sp³-hybridized carbons (Fsp3) is 0.278. The van der Waals surface area contributed by atoms with Crippen LogP contribution >= 0.6 is 0 Å². The highest BCUT2D eigenvalue weighted by Crippen LogP contribution is 2.24. The SMILES string of the molecule is CCCCNC(=O)[C@H](Cc1ccccc1)N(Cc1ccccc1F)C(=O)CN(c1ccc(OCc2ccccc2)cc1)S(C)(=O)=O. The second-order valence-corrected chi connectivity index (χ2v) is 12.9. The van der Waals surface area contributed by atoms with Crippen molar-refractivity contribution in [2.45, 2.75) is 45.4 Å². The normalized spacial score (nSPS) is 11.8. The number of benzene rings is 4. The van der Waals surface area contributed by atoms with Gasteiger partial charge in [0.15, 0.2) is 0 Å². The van der Waals surface area contributed by atoms with Crippen LogP contribution in [0.1, 0.15) is 36.5 Å². The number of carbonyl (C=O) groups is 2. The summed E-state index contributed by atoms with van der Waals surface area (Å²) in [7, 11) is -3.95. The van der Waals surface area contributed by atoms with Gasteiger partial charge in [-0.3, -0.25) is 13.9 Å². The van der Waals surface area contributed by atoms with Crippen molar-refractivity contribution in [3.05, 3.63) is 132 Å². The topological polar surface area (TPSA) is 96.0 Å². The molecule has 4 aromatic rings. The van der Waals surface area contributed by atoms with Crippen molar-refractivity contribution in [3.8, 4) is 5.75 Å². The van der Waals surface area contributed by atoms with Crippen LogP contribution in [0.5, 0.6) is 5.75 Å². The zero-order valence-corrected chi connectivity index (χ0v) is 27.0. The lowest BCUT2D eigenvalue weighted by Crippen LogP contribution is -2.53. The molecule has 4 aromatic carbocycles. The summed E-state index contributed by atoms with van der Waals surface area (Å²) in [4.78, 5) is 29.1. The van der Waals surface area contributed by atoms with Gasteiger partial charge in [0.25, 0.3) is 0 Å². The molecule has 1 N–H and O–H groups in total. The summed E-state index contributed by atoms with van der Waals surface area (Å²) < 4.78 is 47.9. The van der Waals surface area contributed by atoms with E-state index in [4.69, 9.17) is 4.74 Å². The van der Waals surface area contributed by atoms with Crippen LogP contribution in [0, 0.1) is 5.82 Å². The summed E-state index contributed by atoms with van der Waals surface area (Å²) in [5.74, 6) is -1.05. The van der Waals surface area contributed by atoms with E-state index in [1.54, 1.807) is 42.5 Å². The Morgan fingerprint density at radius 1 is 0.848 bits per heavy atom. The standard InChI is InChI=1S/C36H40FN3O5S/c1-3-4-23-38-36(42)34(24-28-13-7-5-8-14-28)39(25-30-17-11-12-18-33(30)37)35(41)26-40(46(2,43)44)31-19-21-32(22-20-31)45-27-29-15-9-6-10-16-29/h5-22,34H,3-4,23-27H2,1-2H3,(H,38,42)/t34-/m0/s1. The Bertz CT molecular complexity index is 1670. The third kappa shape index (κ3) is 9.90. The van der Waals surface area contributed by atoms with E-state index in [-0.39, 0.29) is 24.2 Å². The molecule has 10 heteroatoms. The Kier molecular flexibility index (Phi) is 12.3. The first kappa shape index (κ1) is 34.2. The maximum absolute atomic E-state index is 14.9. The first-order chi connectivity index (χ1) is 22.2. The molecule has 2 amide bonds. The Morgan fingerprint density at radius 2 is 1.46 bits per heavy atom. The van der Waals surface area contributed by atoms with E-state index in [1.165, 1.54) is 11.0 Å². The number of rotatable bonds is 16. The molecule has 0 unspecified atom stereocenters. The molecule has 0 aliphatic rings. The van der Waals surface area contributed by atoms with Crippen LogP contribution in [0.25, 0.3) is 0 Å². The molecule has 0 bridgehead atoms. The molecular weight excluding hydrogens is 605 g/mol. The van der Waals surface area contributed by atoms with Gasteiger partial charge in [0, 0.05) is 25.1 Å². The van der Waals surface area contributed by atoms with Gasteiger partial charge in [-0.05, 0) is 47.9 Å². The predicted octanol–water partition coefficient (Wildman–Crippen LogP) is 5.73. The molecule has 4 rings (SSSR count). The average molecular weight is 646 g/mol. The minimum absolute atomic E-state index is 0.158. The largest absolute Gasteiger partial charge is 0.489 e. The van der Waals surface area contributed by atoms with E-state index in [9.17, 15) is 22.4 Å². The molecule has 0 radical (unpaired) electrons. The number of hydrogen-bond donors (Lipinski definition) is 1. The van der Waals surface area contributed by atoms with Crippen molar-refractivity contribution in [1.82, 2.24) is 10.2 Å². The maximum atomic E-state index is 14.9. The number of nitrogens with one attached hydrogen (secondary N) is 1. The minimum Gasteiger partial charge on any atom is -0.489 e. The molecule has 1 atom stereocenters. The van der Waals surface area contributed by atoms with Crippen molar-refractivity contribution in [2.75, 3.05) is 23.7 Å². The molecule has 242 valence electrons. The van der Waals surface area contributed by atoms with Crippen molar-refractivity contribution in [3.63, 3.8) is 0 Å². The van der Waals surface area contributed by atoms with E-state index in [1.807, 2.05) is 67.6 Å². The van der Waals surface area contributed by atoms with Gasteiger partial charge in [-0.2, -0.15) is 0 Å². The smallest absolute Gasteiger partial charge is 0.244 e. The van der Waals surface area contributed by atoms with Crippen LogP contribution in [0.15, 0.2) is 109 Å². The Hall–Kier alpha value is -4.70. The number of sulfonamides is 1. The van der Waals surface area contributed by atoms with Gasteiger partial charge in [-0.15, -0.1) is 0 Å². The molecule has 0 fully saturated rings. The molecule has 0 aliphatic carbocycles. The summed E-state index contributed by atoms with van der Waals surface area (Å²) in [5, 5.41) is 2.91. The number of carbonyl (C=O) groups excluding carboxylic acids is 2. The monoisotopic (exact) mass is 645 g/mol. The number of hydrogen-bond acceptors (Lipinski definition) is 5. The molecule has 0 saturated heterocycles. The number of anilines is 1. The third-order valence-electron chi connectivity index (χ3n) is 7.45. The molecule has 0 heterocycles. The van der Waals surface area contributed by atoms with Crippen molar-refractivity contribution in [1.29, 1.82) is 0 Å². The number of unbranched alkanes of at least 4 members (excludes halogenated alkanes) is 1. The number of halogens is 1. The van der Waals surface area contributed by atoms with Crippen molar-refractivity contribution >= 4 is 27.5 Å². The van der Waals surface area contributed by atoms with Gasteiger partial charge in [-0.1, -0.05) is 92.2 Å². The predicted molar refractivity (Wildman–Crippen MR) is 178 cm³/mol. The Morgan fingerprint density at radius 3 is 2.07 bits per heavy atom. The van der Waals surface area contributed by atoms with Crippen LogP contribution in [0.4, 0.5) is 10.1 Å². The van der Waals surface area contributed by atoms with E-state index >= 15 is 0 Å². The summed E-state index contributed by atoms with van der Waals surface area (Å²) in [6.07, 6.45) is 2.78. The second-order valence-electron chi connectivity index (χ2n) is 11.0. The van der Waals surface area contributed by atoms with E-state index in [2.05, 4.69) is 5.32 Å². The van der Waals surface area contributed by atoms with Gasteiger partial charge in [0.1, 0.15) is 30.8 Å². The molecule has 8 nitrogen and oxygen atoms in total. The summed E-state index contributed by atoms with van der Waals surface area (Å²) in [6, 6.07) is 30.3. The summed E-state index contributed by atoms with van der Waals surface area (Å²) in [5.41, 5.74) is 2.24. The summed E-state index contributed by atoms with van der Waals surface area (Å²) >= 11 is 0. The second kappa shape index (κ2) is 16.6.